The van der Waals surface area contributed by atoms with Crippen LogP contribution in [0.1, 0.15) is 39.7 Å². The molecule has 0 aromatic carbocycles. The Balaban J connectivity index is 2.08. The Kier molecular flexibility index (Phi) is 7.65. The minimum atomic E-state index is -1.41. The van der Waals surface area contributed by atoms with E-state index in [-0.39, 0.29) is 16.6 Å². The molecule has 1 fully saturated rings. The number of carboxylic acid groups (broad SMARTS) is 1. The summed E-state index contributed by atoms with van der Waals surface area (Å²) in [6.45, 7) is 13.9. The Morgan fingerprint density at radius 3 is 2.62 bits per heavy atom. The number of pyridine rings is 1. The molecule has 0 spiro atoms. The third-order valence-electron chi connectivity index (χ3n) is 6.42. The van der Waals surface area contributed by atoms with Gasteiger partial charge in [0.15, 0.2) is 5.17 Å². The molecule has 6 nitrogen and oxygen atoms in total. The quantitative estimate of drug-likeness (QED) is 0.221. The van der Waals surface area contributed by atoms with Crippen LogP contribution in [0, 0.1) is 17.3 Å². The molecule has 11 heteroatoms. The summed E-state index contributed by atoms with van der Waals surface area (Å²) in [6, 6.07) is 2.47. The van der Waals surface area contributed by atoms with Crippen LogP contribution in [-0.4, -0.2) is 58.6 Å². The van der Waals surface area contributed by atoms with Crippen molar-refractivity contribution in [2.24, 2.45) is 16.3 Å². The first kappa shape index (κ1) is 27.5. The van der Waals surface area contributed by atoms with Crippen LogP contribution in [0.5, 0.6) is 0 Å². The van der Waals surface area contributed by atoms with Crippen LogP contribution in [0.4, 0.5) is 13.6 Å². The molecule has 0 bridgehead atoms. The van der Waals surface area contributed by atoms with Gasteiger partial charge in [-0.1, -0.05) is 52.2 Å². The molecule has 0 saturated heterocycles. The first-order chi connectivity index (χ1) is 15.5. The number of hydrogen-bond acceptors (Lipinski definition) is 5. The summed E-state index contributed by atoms with van der Waals surface area (Å²) in [7, 11) is -1.41. The maximum atomic E-state index is 14.9. The molecule has 34 heavy (non-hydrogen) atoms. The molecule has 2 aliphatic rings. The van der Waals surface area contributed by atoms with Gasteiger partial charge in [-0.25, -0.2) is 19.1 Å². The van der Waals surface area contributed by atoms with Gasteiger partial charge in [0.2, 0.25) is 5.95 Å². The molecule has 1 aliphatic carbocycles. The fourth-order valence-electron chi connectivity index (χ4n) is 4.37. The van der Waals surface area contributed by atoms with Gasteiger partial charge in [0.25, 0.3) is 0 Å². The molecule has 1 aliphatic heterocycles. The monoisotopic (exact) mass is 577 g/mol. The summed E-state index contributed by atoms with van der Waals surface area (Å²) < 4.78 is 35.2. The lowest BCUT2D eigenvalue weighted by Gasteiger charge is -2.42. The zero-order valence-corrected chi connectivity index (χ0v) is 24.2. The summed E-state index contributed by atoms with van der Waals surface area (Å²) in [5.41, 5.74) is -1.53. The van der Waals surface area contributed by atoms with Crippen molar-refractivity contribution in [3.63, 3.8) is 0 Å². The Bertz CT molecular complexity index is 987. The van der Waals surface area contributed by atoms with Crippen LogP contribution >= 0.6 is 27.7 Å². The normalized spacial score (nSPS) is 27.6. The van der Waals surface area contributed by atoms with E-state index < -0.39 is 48.7 Å². The highest BCUT2D eigenvalue weighted by Crippen LogP contribution is 2.66. The summed E-state index contributed by atoms with van der Waals surface area (Å²) in [4.78, 5) is 22.3. The van der Waals surface area contributed by atoms with E-state index in [1.54, 1.807) is 13.0 Å². The summed E-state index contributed by atoms with van der Waals surface area (Å²) >= 11 is 4.46. The van der Waals surface area contributed by atoms with Crippen molar-refractivity contribution in [1.82, 2.24) is 9.88 Å². The number of alkyl halides is 1. The largest absolute Gasteiger partial charge is 0.465 e. The lowest BCUT2D eigenvalue weighted by Crippen LogP contribution is -2.53. The van der Waals surface area contributed by atoms with E-state index in [0.717, 1.165) is 22.7 Å². The van der Waals surface area contributed by atoms with Crippen LogP contribution in [0.3, 0.4) is 0 Å². The van der Waals surface area contributed by atoms with Crippen molar-refractivity contribution in [2.45, 2.75) is 76.3 Å². The van der Waals surface area contributed by atoms with Crippen molar-refractivity contribution in [3.05, 3.63) is 28.2 Å². The van der Waals surface area contributed by atoms with E-state index in [1.807, 2.05) is 20.8 Å². The number of amidine groups is 1. The van der Waals surface area contributed by atoms with Crippen molar-refractivity contribution in [3.8, 4) is 0 Å². The van der Waals surface area contributed by atoms with Gasteiger partial charge in [-0.2, -0.15) is 4.39 Å². The van der Waals surface area contributed by atoms with E-state index in [4.69, 9.17) is 9.73 Å². The first-order valence-corrected chi connectivity index (χ1v) is 16.7. The Morgan fingerprint density at radius 1 is 1.44 bits per heavy atom. The van der Waals surface area contributed by atoms with E-state index in [2.05, 4.69) is 40.6 Å². The van der Waals surface area contributed by atoms with Crippen LogP contribution in [0.2, 0.25) is 25.7 Å². The highest BCUT2D eigenvalue weighted by atomic mass is 79.9. The van der Waals surface area contributed by atoms with Crippen LogP contribution in [0.15, 0.2) is 21.7 Å². The molecule has 1 saturated carbocycles. The Morgan fingerprint density at radius 2 is 2.09 bits per heavy atom. The maximum absolute atomic E-state index is 14.9. The van der Waals surface area contributed by atoms with Crippen LogP contribution in [-0.2, 0) is 10.3 Å². The van der Waals surface area contributed by atoms with Crippen molar-refractivity contribution >= 4 is 47.0 Å². The van der Waals surface area contributed by atoms with Crippen molar-refractivity contribution in [2.75, 3.05) is 13.3 Å². The second-order valence-electron chi connectivity index (χ2n) is 11.6. The lowest BCUT2D eigenvalue weighted by atomic mass is 9.87. The zero-order chi connectivity index (χ0) is 25.7. The second kappa shape index (κ2) is 9.44. The molecule has 3 unspecified atom stereocenters. The number of carbonyl (C=O) groups is 1. The highest BCUT2D eigenvalue weighted by molar-refractivity contribution is 9.10. The molecule has 2 heterocycles. The van der Waals surface area contributed by atoms with Gasteiger partial charge in [0.1, 0.15) is 12.9 Å². The highest BCUT2D eigenvalue weighted by Gasteiger charge is 2.68. The maximum Gasteiger partial charge on any atom is 0.415 e. The molecule has 3 rings (SSSR count). The fourth-order valence-corrected chi connectivity index (χ4v) is 6.97. The third-order valence-corrected chi connectivity index (χ3v) is 9.99. The van der Waals surface area contributed by atoms with Gasteiger partial charge in [-0.15, -0.1) is 0 Å². The number of aromatic nitrogens is 1. The number of fused-ring (bicyclic) bond motifs is 1. The molecule has 190 valence electrons. The number of nitrogens with zero attached hydrogens (tertiary/aromatic N) is 3. The Labute approximate surface area is 214 Å². The van der Waals surface area contributed by atoms with E-state index >= 15 is 0 Å². The van der Waals surface area contributed by atoms with Gasteiger partial charge in [-0.3, -0.25) is 4.99 Å². The third kappa shape index (κ3) is 5.52. The molecule has 1 amide bonds. The van der Waals surface area contributed by atoms with Crippen LogP contribution in [0.25, 0.3) is 0 Å². The Hall–Kier alpha value is -1.04. The molecular weight excluding hydrogens is 544 g/mol. The number of ether oxygens (including phenoxy) is 1. The lowest BCUT2D eigenvalue weighted by molar-refractivity contribution is -0.0761. The predicted molar refractivity (Wildman–Crippen MR) is 138 cm³/mol. The fraction of sp³-hybridized carbons (Fsp3) is 0.696. The van der Waals surface area contributed by atoms with E-state index in [0.29, 0.717) is 17.5 Å². The van der Waals surface area contributed by atoms with Gasteiger partial charge < -0.3 is 9.84 Å². The van der Waals surface area contributed by atoms with Crippen molar-refractivity contribution < 1.29 is 23.4 Å². The number of thioether (sulfide) groups is 1. The van der Waals surface area contributed by atoms with E-state index in [9.17, 15) is 18.7 Å². The summed E-state index contributed by atoms with van der Waals surface area (Å²) in [6.07, 6.45) is -0.254. The molecule has 1 aromatic heterocycles. The molecule has 4 atom stereocenters. The smallest absolute Gasteiger partial charge is 0.415 e. The van der Waals surface area contributed by atoms with Gasteiger partial charge >= 0.3 is 6.09 Å². The standard InChI is InChI=1S/C23H34BrF2N3O3SSi/c1-21(2,3)18(32-8-9-34(5,6)7)29(20(30)31)19-28-22(4,16-11-23(16,13-25)33-19)15-10-14(24)12-27-17(15)26/h10,12,16,18H,8-9,11,13H2,1-7H3,(H,30,31)/t16?,18?,22-,23?/m1/s1. The average molecular weight is 579 g/mol. The number of amides is 1. The van der Waals surface area contributed by atoms with Gasteiger partial charge in [-0.05, 0) is 41.4 Å². The minimum absolute atomic E-state index is 0.133. The van der Waals surface area contributed by atoms with E-state index in [1.165, 1.54) is 6.20 Å². The molecule has 1 N–H and O–H groups in total. The molecular formula is C23H34BrF2N3O3SSi. The number of rotatable bonds is 7. The van der Waals surface area contributed by atoms with Crippen molar-refractivity contribution in [1.29, 1.82) is 0 Å². The number of halogens is 3. The molecule has 1 aromatic rings. The predicted octanol–water partition coefficient (Wildman–Crippen LogP) is 6.74. The topological polar surface area (TPSA) is 75.0 Å². The average Bonchev–Trinajstić information content (AvgIpc) is 3.43. The first-order valence-electron chi connectivity index (χ1n) is 11.3. The SMILES string of the molecule is CC(C)(C)C(OCC[Si](C)(C)C)N(C(=O)O)C1=N[C@](C)(c2cc(Br)cnc2F)C2CC2(CF)S1. The number of hydrogen-bond donors (Lipinski definition) is 1. The molecule has 0 radical (unpaired) electrons. The second-order valence-corrected chi connectivity index (χ2v) is 19.6. The summed E-state index contributed by atoms with van der Waals surface area (Å²) in [5.74, 6) is -0.970. The minimum Gasteiger partial charge on any atom is -0.465 e. The van der Waals surface area contributed by atoms with Crippen LogP contribution < -0.4 is 0 Å². The summed E-state index contributed by atoms with van der Waals surface area (Å²) in [5, 5.41) is 10.4. The number of aliphatic imine (C=N–C) groups is 1. The van der Waals surface area contributed by atoms with Gasteiger partial charge in [0, 0.05) is 42.2 Å². The zero-order valence-electron chi connectivity index (χ0n) is 20.8. The van der Waals surface area contributed by atoms with Gasteiger partial charge in [0.05, 0.1) is 10.3 Å².